The summed E-state index contributed by atoms with van der Waals surface area (Å²) in [7, 11) is -3.59. The molecule has 1 amide bonds. The van der Waals surface area contributed by atoms with Gasteiger partial charge < -0.3 is 10.4 Å². The zero-order valence-corrected chi connectivity index (χ0v) is 12.0. The number of hydrogen-bond acceptors (Lipinski definition) is 4. The molecule has 5 nitrogen and oxygen atoms in total. The van der Waals surface area contributed by atoms with E-state index in [1.54, 1.807) is 5.32 Å². The molecule has 3 atom stereocenters. The smallest absolute Gasteiger partial charge is 0.315 e. The average molecular weight is 342 g/mol. The first kappa shape index (κ1) is 18.4. The van der Waals surface area contributed by atoms with E-state index in [1.165, 1.54) is 0 Å². The Hall–Kier alpha value is -1.68. The molecule has 22 heavy (non-hydrogen) atoms. The van der Waals surface area contributed by atoms with Gasteiger partial charge in [0.15, 0.2) is 6.01 Å². The van der Waals surface area contributed by atoms with Crippen molar-refractivity contribution in [2.75, 3.05) is 12.7 Å². The Morgan fingerprint density at radius 3 is 2.23 bits per heavy atom. The van der Waals surface area contributed by atoms with Crippen molar-refractivity contribution in [2.24, 2.45) is 0 Å². The van der Waals surface area contributed by atoms with E-state index in [0.717, 1.165) is 24.3 Å². The summed E-state index contributed by atoms with van der Waals surface area (Å²) >= 11 is 0. The van der Waals surface area contributed by atoms with Gasteiger partial charge in [-0.3, -0.25) is 4.79 Å². The van der Waals surface area contributed by atoms with Gasteiger partial charge in [-0.1, -0.05) is 12.1 Å². The maximum atomic E-state index is 12.8. The monoisotopic (exact) mass is 342 g/mol. The minimum Gasteiger partial charge on any atom is -0.386 e. The molecule has 0 heterocycles. The molecule has 0 aliphatic heterocycles. The van der Waals surface area contributed by atoms with Gasteiger partial charge >= 0.3 is 6.43 Å². The van der Waals surface area contributed by atoms with Crippen LogP contribution in [0.15, 0.2) is 29.2 Å². The van der Waals surface area contributed by atoms with Gasteiger partial charge in [-0.25, -0.2) is 17.8 Å². The maximum Gasteiger partial charge on any atom is 0.315 e. The Balaban J connectivity index is 2.92. The van der Waals surface area contributed by atoms with Crippen LogP contribution in [0.3, 0.4) is 0 Å². The Bertz CT molecular complexity index is 607. The maximum absolute atomic E-state index is 12.8. The van der Waals surface area contributed by atoms with E-state index in [2.05, 4.69) is 0 Å². The first-order chi connectivity index (χ1) is 10.2. The van der Waals surface area contributed by atoms with Crippen LogP contribution < -0.4 is 5.32 Å². The van der Waals surface area contributed by atoms with E-state index in [-0.39, 0.29) is 10.5 Å². The number of rotatable bonds is 7. The number of amides is 1. The van der Waals surface area contributed by atoms with Gasteiger partial charge in [0, 0.05) is 4.90 Å². The average Bonchev–Trinajstić information content (AvgIpc) is 2.51. The third-order valence-electron chi connectivity index (χ3n) is 2.83. The standard InChI is InChI=1S/C12H14F4N2O3S/c13-5-9(18-12(20)11(15)16)10(19)7-1-3-8(4-2-7)22(17,21)6-14/h1-4,9-11,17,19H,5-6H2,(H,18,20)/t9?,10-,22?/m1/s1. The fraction of sp³-hybridized carbons (Fsp3) is 0.417. The number of carbonyl (C=O) groups is 1. The van der Waals surface area contributed by atoms with Crippen LogP contribution in [0.2, 0.25) is 0 Å². The lowest BCUT2D eigenvalue weighted by Gasteiger charge is -2.22. The first-order valence-electron chi connectivity index (χ1n) is 5.98. The second-order valence-electron chi connectivity index (χ2n) is 4.37. The molecule has 2 unspecified atom stereocenters. The first-order valence-corrected chi connectivity index (χ1v) is 7.70. The summed E-state index contributed by atoms with van der Waals surface area (Å²) in [5.74, 6) is -1.72. The molecular weight excluding hydrogens is 328 g/mol. The summed E-state index contributed by atoms with van der Waals surface area (Å²) in [5.41, 5.74) is 0.0371. The van der Waals surface area contributed by atoms with Gasteiger partial charge in [0.1, 0.15) is 22.5 Å². The lowest BCUT2D eigenvalue weighted by atomic mass is 10.0. The number of nitrogens with one attached hydrogen (secondary N) is 2. The Morgan fingerprint density at radius 1 is 1.27 bits per heavy atom. The predicted molar refractivity (Wildman–Crippen MR) is 70.4 cm³/mol. The van der Waals surface area contributed by atoms with Crippen LogP contribution in [0.4, 0.5) is 17.6 Å². The third kappa shape index (κ3) is 4.41. The van der Waals surface area contributed by atoms with Crippen LogP contribution in [-0.2, 0) is 14.5 Å². The van der Waals surface area contributed by atoms with Crippen molar-refractivity contribution >= 4 is 15.6 Å². The minimum absolute atomic E-state index is 0.0371. The van der Waals surface area contributed by atoms with Crippen LogP contribution in [-0.4, -0.2) is 40.4 Å². The normalized spacial score (nSPS) is 16.8. The number of hydrogen-bond donors (Lipinski definition) is 3. The van der Waals surface area contributed by atoms with E-state index in [9.17, 15) is 31.7 Å². The SMILES string of the molecule is N=S(=O)(CF)c1ccc([C@@H](O)C(CF)NC(=O)C(F)F)cc1. The van der Waals surface area contributed by atoms with Crippen LogP contribution in [0.1, 0.15) is 11.7 Å². The molecule has 0 aliphatic rings. The van der Waals surface area contributed by atoms with Gasteiger partial charge in [0.05, 0.1) is 6.04 Å². The van der Waals surface area contributed by atoms with Gasteiger partial charge in [0.2, 0.25) is 0 Å². The molecule has 124 valence electrons. The van der Waals surface area contributed by atoms with Crippen LogP contribution in [0.25, 0.3) is 0 Å². The van der Waals surface area contributed by atoms with E-state index >= 15 is 0 Å². The summed E-state index contributed by atoms with van der Waals surface area (Å²) in [5, 5.41) is 11.5. The molecule has 0 radical (unpaired) electrons. The van der Waals surface area contributed by atoms with E-state index in [0.29, 0.717) is 0 Å². The van der Waals surface area contributed by atoms with Crippen molar-refractivity contribution in [1.82, 2.24) is 5.32 Å². The third-order valence-corrected chi connectivity index (χ3v) is 4.17. The quantitative estimate of drug-likeness (QED) is 0.660. The summed E-state index contributed by atoms with van der Waals surface area (Å²) in [4.78, 5) is 10.7. The predicted octanol–water partition coefficient (Wildman–Crippen LogP) is 1.77. The van der Waals surface area contributed by atoms with Crippen molar-refractivity contribution < 1.29 is 31.7 Å². The van der Waals surface area contributed by atoms with E-state index < -0.39 is 46.9 Å². The minimum atomic E-state index is -3.59. The zero-order valence-electron chi connectivity index (χ0n) is 11.1. The van der Waals surface area contributed by atoms with Crippen molar-refractivity contribution in [3.63, 3.8) is 0 Å². The van der Waals surface area contributed by atoms with Crippen molar-refractivity contribution in [3.8, 4) is 0 Å². The second kappa shape index (κ2) is 7.54. The van der Waals surface area contributed by atoms with Crippen molar-refractivity contribution in [3.05, 3.63) is 29.8 Å². The molecule has 0 saturated heterocycles. The number of aliphatic hydroxyl groups excluding tert-OH is 1. The molecule has 0 fully saturated rings. The topological polar surface area (TPSA) is 90.2 Å². The molecule has 0 spiro atoms. The molecule has 1 aromatic rings. The molecule has 0 saturated carbocycles. The lowest BCUT2D eigenvalue weighted by molar-refractivity contribution is -0.133. The van der Waals surface area contributed by atoms with Gasteiger partial charge in [-0.2, -0.15) is 8.78 Å². The second-order valence-corrected chi connectivity index (χ2v) is 6.41. The van der Waals surface area contributed by atoms with E-state index in [4.69, 9.17) is 4.78 Å². The molecule has 1 aromatic carbocycles. The highest BCUT2D eigenvalue weighted by Gasteiger charge is 2.26. The Labute approximate surface area is 124 Å². The highest BCUT2D eigenvalue weighted by atomic mass is 32.2. The molecule has 1 rings (SSSR count). The molecule has 0 aromatic heterocycles. The number of aliphatic hydroxyl groups is 1. The number of halogens is 4. The highest BCUT2D eigenvalue weighted by Crippen LogP contribution is 2.21. The van der Waals surface area contributed by atoms with Gasteiger partial charge in [-0.05, 0) is 17.7 Å². The summed E-state index contributed by atoms with van der Waals surface area (Å²) in [6.45, 7) is -1.29. The summed E-state index contributed by atoms with van der Waals surface area (Å²) in [6.07, 6.45) is -4.98. The zero-order chi connectivity index (χ0) is 16.9. The number of alkyl halides is 4. The number of benzene rings is 1. The van der Waals surface area contributed by atoms with Crippen LogP contribution in [0.5, 0.6) is 0 Å². The lowest BCUT2D eigenvalue weighted by Crippen LogP contribution is -2.43. The van der Waals surface area contributed by atoms with Crippen LogP contribution >= 0.6 is 0 Å². The van der Waals surface area contributed by atoms with E-state index in [1.807, 2.05) is 0 Å². The molecule has 10 heteroatoms. The van der Waals surface area contributed by atoms with Gasteiger partial charge in [0.25, 0.3) is 5.91 Å². The van der Waals surface area contributed by atoms with Crippen molar-refractivity contribution in [1.29, 1.82) is 4.78 Å². The molecule has 3 N–H and O–H groups in total. The van der Waals surface area contributed by atoms with Gasteiger partial charge in [-0.15, -0.1) is 0 Å². The number of carbonyl (C=O) groups excluding carboxylic acids is 1. The highest BCUT2D eigenvalue weighted by molar-refractivity contribution is 7.92. The van der Waals surface area contributed by atoms with Crippen molar-refractivity contribution in [2.45, 2.75) is 23.5 Å². The Morgan fingerprint density at radius 2 is 1.82 bits per heavy atom. The molecule has 0 bridgehead atoms. The summed E-state index contributed by atoms with van der Waals surface area (Å²) in [6, 6.07) is 1.55. The largest absolute Gasteiger partial charge is 0.386 e. The molecule has 0 aliphatic carbocycles. The fourth-order valence-electron chi connectivity index (χ4n) is 1.63. The van der Waals surface area contributed by atoms with Crippen LogP contribution in [0, 0.1) is 4.78 Å². The fourth-order valence-corrected chi connectivity index (χ4v) is 2.33. The summed E-state index contributed by atoms with van der Waals surface area (Å²) < 4.78 is 68.2. The molecular formula is C12H14F4N2O3S. The Kier molecular flexibility index (Phi) is 6.30.